The van der Waals surface area contributed by atoms with Gasteiger partial charge in [0.1, 0.15) is 5.82 Å². The van der Waals surface area contributed by atoms with Crippen LogP contribution in [0.15, 0.2) is 30.7 Å². The van der Waals surface area contributed by atoms with Crippen LogP contribution in [0.4, 0.5) is 0 Å². The largest absolute Gasteiger partial charge is 0.465 e. The molecule has 20 heavy (non-hydrogen) atoms. The third-order valence-corrected chi connectivity index (χ3v) is 3.07. The number of aromatic nitrogens is 4. The third-order valence-electron chi connectivity index (χ3n) is 3.07. The Morgan fingerprint density at radius 1 is 1.15 bits per heavy atom. The molecule has 0 saturated carbocycles. The summed E-state index contributed by atoms with van der Waals surface area (Å²) in [6, 6.07) is 3.68. The fourth-order valence-corrected chi connectivity index (χ4v) is 2.04. The summed E-state index contributed by atoms with van der Waals surface area (Å²) in [7, 11) is 1.35. The summed E-state index contributed by atoms with van der Waals surface area (Å²) in [5.74, 6) is 0.292. The molecule has 3 rings (SSSR count). The molecule has 1 N–H and O–H groups in total. The van der Waals surface area contributed by atoms with Crippen molar-refractivity contribution in [1.29, 1.82) is 0 Å². The number of carbonyl (C=O) groups is 1. The fraction of sp³-hybridized carbons (Fsp3) is 0.143. The highest BCUT2D eigenvalue weighted by Crippen LogP contribution is 2.26. The Bertz CT molecular complexity index is 777. The van der Waals surface area contributed by atoms with Crippen molar-refractivity contribution in [2.75, 3.05) is 7.11 Å². The normalized spacial score (nSPS) is 10.7. The number of ether oxygens (including phenoxy) is 1. The molecule has 0 radical (unpaired) electrons. The van der Waals surface area contributed by atoms with Crippen LogP contribution in [0, 0.1) is 6.92 Å². The standard InChI is InChI=1S/C14H12N4O2/c1-8-15-5-11(6-16-8)9-3-10-7-17-18-13(10)12(4-9)14(19)20-2/h3-7H,1-2H3,(H,17,18). The van der Waals surface area contributed by atoms with Gasteiger partial charge in [-0.2, -0.15) is 5.10 Å². The zero-order valence-electron chi connectivity index (χ0n) is 11.0. The van der Waals surface area contributed by atoms with Crippen LogP contribution in [0.2, 0.25) is 0 Å². The minimum absolute atomic E-state index is 0.408. The van der Waals surface area contributed by atoms with Gasteiger partial charge < -0.3 is 4.74 Å². The van der Waals surface area contributed by atoms with E-state index in [1.165, 1.54) is 7.11 Å². The molecular formula is C14H12N4O2. The van der Waals surface area contributed by atoms with E-state index in [0.717, 1.165) is 16.5 Å². The van der Waals surface area contributed by atoms with Gasteiger partial charge in [0.05, 0.1) is 24.4 Å². The summed E-state index contributed by atoms with van der Waals surface area (Å²) in [5, 5.41) is 7.61. The summed E-state index contributed by atoms with van der Waals surface area (Å²) in [6.07, 6.45) is 5.12. The van der Waals surface area contributed by atoms with E-state index < -0.39 is 5.97 Å². The second-order valence-electron chi connectivity index (χ2n) is 4.37. The lowest BCUT2D eigenvalue weighted by atomic mass is 10.0. The lowest BCUT2D eigenvalue weighted by Gasteiger charge is -2.06. The van der Waals surface area contributed by atoms with Gasteiger partial charge in [0, 0.05) is 23.3 Å². The Balaban J connectivity index is 2.21. The van der Waals surface area contributed by atoms with Crippen molar-refractivity contribution in [1.82, 2.24) is 20.2 Å². The van der Waals surface area contributed by atoms with E-state index in [9.17, 15) is 4.79 Å². The Morgan fingerprint density at radius 2 is 1.90 bits per heavy atom. The number of carbonyl (C=O) groups excluding carboxylic acids is 1. The number of hydrogen-bond donors (Lipinski definition) is 1. The quantitative estimate of drug-likeness (QED) is 0.720. The maximum atomic E-state index is 11.9. The molecule has 0 aliphatic rings. The first-order chi connectivity index (χ1) is 9.69. The van der Waals surface area contributed by atoms with E-state index in [4.69, 9.17) is 4.74 Å². The molecule has 0 fully saturated rings. The highest BCUT2D eigenvalue weighted by molar-refractivity contribution is 6.04. The van der Waals surface area contributed by atoms with Crippen LogP contribution >= 0.6 is 0 Å². The number of methoxy groups -OCH3 is 1. The molecule has 0 aliphatic heterocycles. The number of esters is 1. The van der Waals surface area contributed by atoms with Gasteiger partial charge in [0.25, 0.3) is 0 Å². The first kappa shape index (κ1) is 12.3. The molecule has 0 bridgehead atoms. The van der Waals surface area contributed by atoms with Crippen LogP contribution in [-0.2, 0) is 4.74 Å². The Morgan fingerprint density at radius 3 is 2.60 bits per heavy atom. The molecule has 0 aliphatic carbocycles. The molecule has 6 nitrogen and oxygen atoms in total. The van der Waals surface area contributed by atoms with Gasteiger partial charge in [-0.15, -0.1) is 0 Å². The molecule has 2 heterocycles. The smallest absolute Gasteiger partial charge is 0.340 e. The van der Waals surface area contributed by atoms with Crippen LogP contribution in [0.3, 0.4) is 0 Å². The summed E-state index contributed by atoms with van der Waals surface area (Å²) in [5.41, 5.74) is 2.79. The number of rotatable bonds is 2. The van der Waals surface area contributed by atoms with E-state index >= 15 is 0 Å². The predicted molar refractivity (Wildman–Crippen MR) is 73.2 cm³/mol. The zero-order valence-corrected chi connectivity index (χ0v) is 11.0. The minimum atomic E-state index is -0.408. The molecular weight excluding hydrogens is 256 g/mol. The second kappa shape index (κ2) is 4.73. The molecule has 6 heteroatoms. The van der Waals surface area contributed by atoms with Crippen molar-refractivity contribution in [3.63, 3.8) is 0 Å². The number of hydrogen-bond acceptors (Lipinski definition) is 5. The molecule has 0 amide bonds. The lowest BCUT2D eigenvalue weighted by Crippen LogP contribution is -2.02. The molecule has 0 saturated heterocycles. The zero-order chi connectivity index (χ0) is 14.1. The number of fused-ring (bicyclic) bond motifs is 1. The van der Waals surface area contributed by atoms with E-state index in [1.807, 2.05) is 13.0 Å². The van der Waals surface area contributed by atoms with Crippen LogP contribution in [0.25, 0.3) is 22.0 Å². The lowest BCUT2D eigenvalue weighted by molar-refractivity contribution is 0.0603. The van der Waals surface area contributed by atoms with Crippen molar-refractivity contribution in [3.05, 3.63) is 42.1 Å². The highest BCUT2D eigenvalue weighted by Gasteiger charge is 2.14. The first-order valence-electron chi connectivity index (χ1n) is 6.03. The first-order valence-corrected chi connectivity index (χ1v) is 6.03. The van der Waals surface area contributed by atoms with Crippen molar-refractivity contribution in [2.24, 2.45) is 0 Å². The number of nitrogens with zero attached hydrogens (tertiary/aromatic N) is 3. The van der Waals surface area contributed by atoms with Crippen LogP contribution < -0.4 is 0 Å². The molecule has 3 aromatic rings. The van der Waals surface area contributed by atoms with Gasteiger partial charge in [-0.1, -0.05) is 0 Å². The SMILES string of the molecule is COC(=O)c1cc(-c2cnc(C)nc2)cc2cn[nH]c12. The van der Waals surface area contributed by atoms with E-state index in [0.29, 0.717) is 16.9 Å². The molecule has 1 aromatic carbocycles. The van der Waals surface area contributed by atoms with E-state index in [2.05, 4.69) is 20.2 Å². The van der Waals surface area contributed by atoms with Crippen LogP contribution in [-0.4, -0.2) is 33.2 Å². The predicted octanol–water partition coefficient (Wildman–Crippen LogP) is 2.11. The number of aromatic amines is 1. The van der Waals surface area contributed by atoms with Crippen LogP contribution in [0.5, 0.6) is 0 Å². The molecule has 2 aromatic heterocycles. The molecule has 100 valence electrons. The fourth-order valence-electron chi connectivity index (χ4n) is 2.04. The number of H-pyrrole nitrogens is 1. The molecule has 0 unspecified atom stereocenters. The monoisotopic (exact) mass is 268 g/mol. The van der Waals surface area contributed by atoms with E-state index in [-0.39, 0.29) is 0 Å². The third kappa shape index (κ3) is 2.01. The average molecular weight is 268 g/mol. The average Bonchev–Trinajstić information content (AvgIpc) is 2.94. The molecule has 0 spiro atoms. The Hall–Kier alpha value is -2.76. The van der Waals surface area contributed by atoms with Crippen molar-refractivity contribution < 1.29 is 9.53 Å². The Labute approximate surface area is 114 Å². The summed E-state index contributed by atoms with van der Waals surface area (Å²) in [6.45, 7) is 1.82. The summed E-state index contributed by atoms with van der Waals surface area (Å²) >= 11 is 0. The number of aryl methyl sites for hydroxylation is 1. The van der Waals surface area contributed by atoms with Gasteiger partial charge in [-0.25, -0.2) is 14.8 Å². The van der Waals surface area contributed by atoms with E-state index in [1.54, 1.807) is 24.7 Å². The maximum absolute atomic E-state index is 11.9. The summed E-state index contributed by atoms with van der Waals surface area (Å²) in [4.78, 5) is 20.2. The molecule has 0 atom stereocenters. The second-order valence-corrected chi connectivity index (χ2v) is 4.37. The van der Waals surface area contributed by atoms with Crippen molar-refractivity contribution in [3.8, 4) is 11.1 Å². The van der Waals surface area contributed by atoms with Gasteiger partial charge in [-0.3, -0.25) is 5.10 Å². The van der Waals surface area contributed by atoms with Gasteiger partial charge in [0.15, 0.2) is 0 Å². The number of nitrogens with one attached hydrogen (secondary N) is 1. The number of benzene rings is 1. The maximum Gasteiger partial charge on any atom is 0.340 e. The Kier molecular flexibility index (Phi) is 2.90. The summed E-state index contributed by atoms with van der Waals surface area (Å²) < 4.78 is 4.81. The van der Waals surface area contributed by atoms with Gasteiger partial charge in [0.2, 0.25) is 0 Å². The van der Waals surface area contributed by atoms with Gasteiger partial charge >= 0.3 is 5.97 Å². The van der Waals surface area contributed by atoms with Crippen molar-refractivity contribution in [2.45, 2.75) is 6.92 Å². The minimum Gasteiger partial charge on any atom is -0.465 e. The van der Waals surface area contributed by atoms with Gasteiger partial charge in [-0.05, 0) is 24.6 Å². The van der Waals surface area contributed by atoms with Crippen LogP contribution in [0.1, 0.15) is 16.2 Å². The topological polar surface area (TPSA) is 80.8 Å². The highest BCUT2D eigenvalue weighted by atomic mass is 16.5. The van der Waals surface area contributed by atoms with Crippen molar-refractivity contribution >= 4 is 16.9 Å².